The second kappa shape index (κ2) is 6.37. The molecule has 0 aliphatic rings. The molecule has 1 aromatic carbocycles. The second-order valence-corrected chi connectivity index (χ2v) is 4.35. The summed E-state index contributed by atoms with van der Waals surface area (Å²) in [6.07, 6.45) is 1.27. The van der Waals surface area contributed by atoms with E-state index in [-0.39, 0.29) is 16.9 Å². The van der Waals surface area contributed by atoms with E-state index in [1.807, 2.05) is 0 Å². The molecule has 0 unspecified atom stereocenters. The standard InChI is InChI=1S/C15H11N3O4/c1-10-6-7-12(22-10)8-11(9-16)15(19)17-13-4-2-3-5-14(13)18(20)21/h2-8H,1H3,(H,17,19)/b11-8-. The number of amides is 1. The summed E-state index contributed by atoms with van der Waals surface area (Å²) < 4.78 is 5.26. The smallest absolute Gasteiger partial charge is 0.292 e. The van der Waals surface area contributed by atoms with Gasteiger partial charge >= 0.3 is 0 Å². The minimum absolute atomic E-state index is 0.0225. The molecule has 0 saturated heterocycles. The van der Waals surface area contributed by atoms with Crippen LogP contribution in [0.2, 0.25) is 0 Å². The monoisotopic (exact) mass is 297 g/mol. The number of carbonyl (C=O) groups excluding carboxylic acids is 1. The lowest BCUT2D eigenvalue weighted by molar-refractivity contribution is -0.383. The molecular formula is C15H11N3O4. The highest BCUT2D eigenvalue weighted by Gasteiger charge is 2.17. The van der Waals surface area contributed by atoms with E-state index in [2.05, 4.69) is 5.32 Å². The van der Waals surface area contributed by atoms with Crippen LogP contribution in [0, 0.1) is 28.4 Å². The summed E-state index contributed by atoms with van der Waals surface area (Å²) in [4.78, 5) is 22.3. The first kappa shape index (κ1) is 15.0. The topological polar surface area (TPSA) is 109 Å². The van der Waals surface area contributed by atoms with Gasteiger partial charge in [-0.3, -0.25) is 14.9 Å². The van der Waals surface area contributed by atoms with Crippen LogP contribution in [0.4, 0.5) is 11.4 Å². The molecule has 7 nitrogen and oxygen atoms in total. The molecule has 7 heteroatoms. The van der Waals surface area contributed by atoms with Gasteiger partial charge in [-0.25, -0.2) is 0 Å². The van der Waals surface area contributed by atoms with Gasteiger partial charge < -0.3 is 9.73 Å². The number of nitrogens with zero attached hydrogens (tertiary/aromatic N) is 2. The summed E-state index contributed by atoms with van der Waals surface area (Å²) in [5, 5.41) is 22.3. The number of nitriles is 1. The molecule has 1 aromatic heterocycles. The van der Waals surface area contributed by atoms with E-state index in [0.29, 0.717) is 11.5 Å². The SMILES string of the molecule is Cc1ccc(/C=C(/C#N)C(=O)Nc2ccccc2[N+](=O)[O-])o1. The summed E-state index contributed by atoms with van der Waals surface area (Å²) in [5.74, 6) is 0.250. The molecule has 110 valence electrons. The molecule has 0 fully saturated rings. The number of rotatable bonds is 4. The van der Waals surface area contributed by atoms with Crippen LogP contribution in [0.1, 0.15) is 11.5 Å². The van der Waals surface area contributed by atoms with E-state index >= 15 is 0 Å². The Labute approximate surface area is 125 Å². The van der Waals surface area contributed by atoms with Crippen LogP contribution in [0.3, 0.4) is 0 Å². The lowest BCUT2D eigenvalue weighted by Crippen LogP contribution is -2.14. The summed E-state index contributed by atoms with van der Waals surface area (Å²) >= 11 is 0. The molecule has 2 rings (SSSR count). The molecule has 0 aliphatic heterocycles. The number of hydrogen-bond acceptors (Lipinski definition) is 5. The van der Waals surface area contributed by atoms with Gasteiger partial charge in [-0.15, -0.1) is 0 Å². The van der Waals surface area contributed by atoms with Gasteiger partial charge in [0, 0.05) is 12.1 Å². The molecule has 0 atom stereocenters. The summed E-state index contributed by atoms with van der Waals surface area (Å²) in [5.41, 5.74) is -0.441. The molecule has 0 aliphatic carbocycles. The molecule has 0 saturated carbocycles. The van der Waals surface area contributed by atoms with Crippen molar-refractivity contribution in [1.29, 1.82) is 5.26 Å². The van der Waals surface area contributed by atoms with Crippen LogP contribution in [0.15, 0.2) is 46.4 Å². The Kier molecular flexibility index (Phi) is 4.34. The predicted octanol–water partition coefficient (Wildman–Crippen LogP) is 3.04. The van der Waals surface area contributed by atoms with E-state index in [1.165, 1.54) is 24.3 Å². The number of nitro benzene ring substituents is 1. The van der Waals surface area contributed by atoms with Crippen molar-refractivity contribution in [2.45, 2.75) is 6.92 Å². The van der Waals surface area contributed by atoms with Gasteiger partial charge in [-0.1, -0.05) is 12.1 Å². The van der Waals surface area contributed by atoms with Crippen molar-refractivity contribution >= 4 is 23.4 Å². The van der Waals surface area contributed by atoms with Gasteiger partial charge in [0.05, 0.1) is 4.92 Å². The number of hydrogen-bond donors (Lipinski definition) is 1. The quantitative estimate of drug-likeness (QED) is 0.403. The summed E-state index contributed by atoms with van der Waals surface area (Å²) in [6.45, 7) is 1.73. The first-order valence-corrected chi connectivity index (χ1v) is 6.24. The predicted molar refractivity (Wildman–Crippen MR) is 78.8 cm³/mol. The van der Waals surface area contributed by atoms with Gasteiger partial charge in [0.2, 0.25) is 0 Å². The van der Waals surface area contributed by atoms with E-state index in [0.717, 1.165) is 0 Å². The third kappa shape index (κ3) is 3.37. The Morgan fingerprint density at radius 1 is 1.36 bits per heavy atom. The van der Waals surface area contributed by atoms with Crippen molar-refractivity contribution in [1.82, 2.24) is 0 Å². The maximum absolute atomic E-state index is 12.1. The van der Waals surface area contributed by atoms with Crippen LogP contribution >= 0.6 is 0 Å². The molecule has 0 bridgehead atoms. The number of furan rings is 1. The Morgan fingerprint density at radius 3 is 2.68 bits per heavy atom. The fraction of sp³-hybridized carbons (Fsp3) is 0.0667. The van der Waals surface area contributed by atoms with Gasteiger partial charge in [-0.05, 0) is 25.1 Å². The molecule has 2 aromatic rings. The first-order valence-electron chi connectivity index (χ1n) is 6.24. The number of benzene rings is 1. The normalized spacial score (nSPS) is 10.8. The van der Waals surface area contributed by atoms with Crippen LogP contribution < -0.4 is 5.32 Å². The zero-order valence-corrected chi connectivity index (χ0v) is 11.6. The van der Waals surface area contributed by atoms with Crippen molar-refractivity contribution in [3.63, 3.8) is 0 Å². The Hall–Kier alpha value is -3.40. The van der Waals surface area contributed by atoms with Crippen LogP contribution in [0.5, 0.6) is 0 Å². The number of carbonyl (C=O) groups is 1. The Morgan fingerprint density at radius 2 is 2.09 bits per heavy atom. The molecule has 0 radical (unpaired) electrons. The fourth-order valence-electron chi connectivity index (χ4n) is 1.75. The number of anilines is 1. The van der Waals surface area contributed by atoms with Gasteiger partial charge in [0.25, 0.3) is 11.6 Å². The molecule has 1 amide bonds. The average molecular weight is 297 g/mol. The summed E-state index contributed by atoms with van der Waals surface area (Å²) in [6, 6.07) is 10.8. The molecule has 1 N–H and O–H groups in total. The Bertz CT molecular complexity index is 799. The maximum Gasteiger partial charge on any atom is 0.292 e. The second-order valence-electron chi connectivity index (χ2n) is 4.35. The van der Waals surface area contributed by atoms with Gasteiger partial charge in [-0.2, -0.15) is 5.26 Å². The van der Waals surface area contributed by atoms with Gasteiger partial charge in [0.15, 0.2) is 0 Å². The zero-order chi connectivity index (χ0) is 16.1. The number of para-hydroxylation sites is 2. The first-order chi connectivity index (χ1) is 10.5. The van der Waals surface area contributed by atoms with E-state index in [9.17, 15) is 14.9 Å². The van der Waals surface area contributed by atoms with Crippen molar-refractivity contribution in [2.75, 3.05) is 5.32 Å². The highest BCUT2D eigenvalue weighted by atomic mass is 16.6. The minimum Gasteiger partial charge on any atom is -0.462 e. The van der Waals surface area contributed by atoms with E-state index < -0.39 is 10.8 Å². The van der Waals surface area contributed by atoms with Crippen molar-refractivity contribution in [3.05, 3.63) is 63.6 Å². The lowest BCUT2D eigenvalue weighted by Gasteiger charge is -2.04. The largest absolute Gasteiger partial charge is 0.462 e. The molecule has 1 heterocycles. The van der Waals surface area contributed by atoms with Crippen molar-refractivity contribution in [3.8, 4) is 6.07 Å². The highest BCUT2D eigenvalue weighted by molar-refractivity contribution is 6.10. The van der Waals surface area contributed by atoms with Crippen molar-refractivity contribution < 1.29 is 14.1 Å². The average Bonchev–Trinajstić information content (AvgIpc) is 2.90. The van der Waals surface area contributed by atoms with Crippen LogP contribution in [-0.4, -0.2) is 10.8 Å². The number of nitro groups is 1. The van der Waals surface area contributed by atoms with Crippen LogP contribution in [-0.2, 0) is 4.79 Å². The third-order valence-corrected chi connectivity index (χ3v) is 2.76. The van der Waals surface area contributed by atoms with E-state index in [4.69, 9.17) is 9.68 Å². The minimum atomic E-state index is -0.745. The molecule has 22 heavy (non-hydrogen) atoms. The fourth-order valence-corrected chi connectivity index (χ4v) is 1.75. The highest BCUT2D eigenvalue weighted by Crippen LogP contribution is 2.24. The lowest BCUT2D eigenvalue weighted by atomic mass is 10.2. The van der Waals surface area contributed by atoms with E-state index in [1.54, 1.807) is 31.2 Å². The Balaban J connectivity index is 2.26. The van der Waals surface area contributed by atoms with Gasteiger partial charge in [0.1, 0.15) is 28.9 Å². The molecular weight excluding hydrogens is 286 g/mol. The van der Waals surface area contributed by atoms with Crippen LogP contribution in [0.25, 0.3) is 6.08 Å². The number of aryl methyl sites for hydroxylation is 1. The summed E-state index contributed by atoms with van der Waals surface area (Å²) in [7, 11) is 0. The van der Waals surface area contributed by atoms with Crippen molar-refractivity contribution in [2.24, 2.45) is 0 Å². The zero-order valence-electron chi connectivity index (χ0n) is 11.6. The maximum atomic E-state index is 12.1. The molecule has 0 spiro atoms. The third-order valence-electron chi connectivity index (χ3n) is 2.76. The number of nitrogens with one attached hydrogen (secondary N) is 1.